The quantitative estimate of drug-likeness (QED) is 0.751. The number of anilines is 1. The maximum Gasteiger partial charge on any atom is 0.259 e. The van der Waals surface area contributed by atoms with Gasteiger partial charge >= 0.3 is 0 Å². The van der Waals surface area contributed by atoms with E-state index in [0.29, 0.717) is 48.1 Å². The molecule has 1 fully saturated rings. The summed E-state index contributed by atoms with van der Waals surface area (Å²) in [6.07, 6.45) is 4.66. The normalized spacial score (nSPS) is 16.2. The van der Waals surface area contributed by atoms with Crippen molar-refractivity contribution in [3.8, 4) is 5.75 Å². The van der Waals surface area contributed by atoms with Gasteiger partial charge in [-0.05, 0) is 38.3 Å². The lowest BCUT2D eigenvalue weighted by atomic mass is 10.0. The first-order valence-corrected chi connectivity index (χ1v) is 10.1. The molecule has 1 aromatic carbocycles. The molecule has 1 aliphatic heterocycles. The van der Waals surface area contributed by atoms with Crippen LogP contribution in [0.2, 0.25) is 0 Å². The van der Waals surface area contributed by atoms with Crippen LogP contribution in [0.3, 0.4) is 0 Å². The Morgan fingerprint density at radius 2 is 2.03 bits per heavy atom. The SMILES string of the molecule is COCCC(=O)N1CCCC[C@@H]1c1ncc(C(=O)Nc2ccccc2OC)c(C)n1. The standard InChI is InChI=1S/C22H28N4O4/c1-15-16(22(28)25-17-8-4-5-10-19(17)30-3)14-23-21(24-15)18-9-6-7-12-26(18)20(27)11-13-29-2/h4-5,8,10,14,18H,6-7,9,11-13H2,1-3H3,(H,25,28)/t18-/m1/s1. The van der Waals surface area contributed by atoms with Crippen molar-refractivity contribution in [1.29, 1.82) is 0 Å². The third-order valence-corrected chi connectivity index (χ3v) is 5.24. The lowest BCUT2D eigenvalue weighted by Gasteiger charge is -2.35. The lowest BCUT2D eigenvalue weighted by Crippen LogP contribution is -2.39. The number of methoxy groups -OCH3 is 2. The largest absolute Gasteiger partial charge is 0.495 e. The average Bonchev–Trinajstić information content (AvgIpc) is 2.77. The molecule has 0 spiro atoms. The molecule has 8 nitrogen and oxygen atoms in total. The Labute approximate surface area is 176 Å². The van der Waals surface area contributed by atoms with Crippen molar-refractivity contribution >= 4 is 17.5 Å². The van der Waals surface area contributed by atoms with Crippen molar-refractivity contribution in [2.24, 2.45) is 0 Å². The molecule has 1 saturated heterocycles. The number of hydrogen-bond acceptors (Lipinski definition) is 6. The highest BCUT2D eigenvalue weighted by Crippen LogP contribution is 2.30. The summed E-state index contributed by atoms with van der Waals surface area (Å²) >= 11 is 0. The van der Waals surface area contributed by atoms with Crippen molar-refractivity contribution < 1.29 is 19.1 Å². The van der Waals surface area contributed by atoms with Gasteiger partial charge in [-0.15, -0.1) is 0 Å². The number of nitrogens with one attached hydrogen (secondary N) is 1. The monoisotopic (exact) mass is 412 g/mol. The highest BCUT2D eigenvalue weighted by Gasteiger charge is 2.30. The summed E-state index contributed by atoms with van der Waals surface area (Å²) in [6, 6.07) is 7.03. The van der Waals surface area contributed by atoms with Gasteiger partial charge in [0, 0.05) is 19.9 Å². The van der Waals surface area contributed by atoms with Crippen LogP contribution in [-0.2, 0) is 9.53 Å². The number of nitrogens with zero attached hydrogens (tertiary/aromatic N) is 3. The zero-order valence-electron chi connectivity index (χ0n) is 17.7. The van der Waals surface area contributed by atoms with E-state index < -0.39 is 0 Å². The van der Waals surface area contributed by atoms with E-state index in [1.807, 2.05) is 17.0 Å². The Balaban J connectivity index is 1.78. The number of aromatic nitrogens is 2. The van der Waals surface area contributed by atoms with Gasteiger partial charge in [0.15, 0.2) is 5.82 Å². The first-order valence-electron chi connectivity index (χ1n) is 10.1. The van der Waals surface area contributed by atoms with Crippen LogP contribution in [0.5, 0.6) is 5.75 Å². The van der Waals surface area contributed by atoms with Gasteiger partial charge in [-0.25, -0.2) is 9.97 Å². The number of para-hydroxylation sites is 2. The smallest absolute Gasteiger partial charge is 0.259 e. The van der Waals surface area contributed by atoms with Gasteiger partial charge in [-0.3, -0.25) is 9.59 Å². The number of hydrogen-bond donors (Lipinski definition) is 1. The van der Waals surface area contributed by atoms with Crippen molar-refractivity contribution in [3.05, 3.63) is 47.5 Å². The molecule has 2 heterocycles. The molecular weight excluding hydrogens is 384 g/mol. The van der Waals surface area contributed by atoms with Crippen molar-refractivity contribution in [2.45, 2.75) is 38.6 Å². The molecule has 8 heteroatoms. The highest BCUT2D eigenvalue weighted by atomic mass is 16.5. The summed E-state index contributed by atoms with van der Waals surface area (Å²) in [6.45, 7) is 2.86. The second-order valence-corrected chi connectivity index (χ2v) is 7.22. The number of amides is 2. The van der Waals surface area contributed by atoms with Gasteiger partial charge in [-0.2, -0.15) is 0 Å². The van der Waals surface area contributed by atoms with Crippen LogP contribution in [0.4, 0.5) is 5.69 Å². The zero-order valence-corrected chi connectivity index (χ0v) is 17.7. The zero-order chi connectivity index (χ0) is 21.5. The maximum atomic E-state index is 12.8. The molecule has 0 saturated carbocycles. The Morgan fingerprint density at radius 3 is 2.77 bits per heavy atom. The minimum atomic E-state index is -0.305. The Kier molecular flexibility index (Phi) is 7.35. The van der Waals surface area contributed by atoms with Gasteiger partial charge in [-0.1, -0.05) is 12.1 Å². The van der Waals surface area contributed by atoms with Crippen LogP contribution in [0.15, 0.2) is 30.5 Å². The molecule has 1 aliphatic rings. The fourth-order valence-electron chi connectivity index (χ4n) is 3.64. The Morgan fingerprint density at radius 1 is 1.23 bits per heavy atom. The number of likely N-dealkylation sites (tertiary alicyclic amines) is 1. The van der Waals surface area contributed by atoms with Gasteiger partial charge < -0.3 is 19.7 Å². The Hall–Kier alpha value is -3.00. The van der Waals surface area contributed by atoms with Crippen molar-refractivity contribution in [1.82, 2.24) is 14.9 Å². The first kappa shape index (κ1) is 21.7. The number of aryl methyl sites for hydroxylation is 1. The number of carbonyl (C=O) groups excluding carboxylic acids is 2. The molecule has 1 atom stereocenters. The molecule has 1 N–H and O–H groups in total. The lowest BCUT2D eigenvalue weighted by molar-refractivity contribution is -0.136. The molecule has 0 bridgehead atoms. The summed E-state index contributed by atoms with van der Waals surface area (Å²) in [5.41, 5.74) is 1.54. The average molecular weight is 412 g/mol. The number of ether oxygens (including phenoxy) is 2. The van der Waals surface area contributed by atoms with Gasteiger partial charge in [0.25, 0.3) is 5.91 Å². The van der Waals surface area contributed by atoms with Crippen LogP contribution in [0.25, 0.3) is 0 Å². The third-order valence-electron chi connectivity index (χ3n) is 5.24. The van der Waals surface area contributed by atoms with Crippen LogP contribution >= 0.6 is 0 Å². The van der Waals surface area contributed by atoms with E-state index in [4.69, 9.17) is 9.47 Å². The minimum Gasteiger partial charge on any atom is -0.495 e. The van der Waals surface area contributed by atoms with Crippen LogP contribution < -0.4 is 10.1 Å². The van der Waals surface area contributed by atoms with E-state index in [2.05, 4.69) is 15.3 Å². The first-order chi connectivity index (χ1) is 14.5. The minimum absolute atomic E-state index is 0.0424. The van der Waals surface area contributed by atoms with E-state index in [-0.39, 0.29) is 17.9 Å². The van der Waals surface area contributed by atoms with Crippen LogP contribution in [0, 0.1) is 6.92 Å². The van der Waals surface area contributed by atoms with Crippen LogP contribution in [0.1, 0.15) is 53.6 Å². The Bertz CT molecular complexity index is 902. The number of piperidine rings is 1. The second-order valence-electron chi connectivity index (χ2n) is 7.22. The molecule has 2 aromatic rings. The summed E-state index contributed by atoms with van der Waals surface area (Å²) in [5.74, 6) is 0.890. The van der Waals surface area contributed by atoms with E-state index in [1.165, 1.54) is 6.20 Å². The predicted molar refractivity (Wildman–Crippen MR) is 113 cm³/mol. The molecule has 0 radical (unpaired) electrons. The number of carbonyl (C=O) groups is 2. The molecule has 3 rings (SSSR count). The highest BCUT2D eigenvalue weighted by molar-refractivity contribution is 6.05. The van der Waals surface area contributed by atoms with Crippen molar-refractivity contribution in [3.63, 3.8) is 0 Å². The summed E-state index contributed by atoms with van der Waals surface area (Å²) in [4.78, 5) is 36.2. The van der Waals surface area contributed by atoms with Crippen molar-refractivity contribution in [2.75, 3.05) is 32.7 Å². The molecule has 1 aromatic heterocycles. The van der Waals surface area contributed by atoms with Gasteiger partial charge in [0.2, 0.25) is 5.91 Å². The molecule has 30 heavy (non-hydrogen) atoms. The van der Waals surface area contributed by atoms with Crippen LogP contribution in [-0.4, -0.2) is 54.1 Å². The maximum absolute atomic E-state index is 12.8. The number of benzene rings is 1. The molecule has 2 amide bonds. The fraction of sp³-hybridized carbons (Fsp3) is 0.455. The van der Waals surface area contributed by atoms with E-state index in [1.54, 1.807) is 33.3 Å². The molecular formula is C22H28N4O4. The third kappa shape index (κ3) is 4.94. The van der Waals surface area contributed by atoms with E-state index in [0.717, 1.165) is 19.3 Å². The van der Waals surface area contributed by atoms with E-state index in [9.17, 15) is 9.59 Å². The molecule has 0 aliphatic carbocycles. The summed E-state index contributed by atoms with van der Waals surface area (Å²) < 4.78 is 10.3. The van der Waals surface area contributed by atoms with Gasteiger partial charge in [0.1, 0.15) is 5.75 Å². The second kappa shape index (κ2) is 10.2. The summed E-state index contributed by atoms with van der Waals surface area (Å²) in [5, 5.41) is 2.85. The van der Waals surface area contributed by atoms with E-state index >= 15 is 0 Å². The summed E-state index contributed by atoms with van der Waals surface area (Å²) in [7, 11) is 3.14. The molecule has 160 valence electrons. The molecule has 0 unspecified atom stereocenters. The topological polar surface area (TPSA) is 93.7 Å². The predicted octanol–water partition coefficient (Wildman–Crippen LogP) is 3.14. The van der Waals surface area contributed by atoms with Gasteiger partial charge in [0.05, 0.1) is 43.1 Å². The number of rotatable bonds is 7. The fourth-order valence-corrected chi connectivity index (χ4v) is 3.64.